The van der Waals surface area contributed by atoms with E-state index in [4.69, 9.17) is 10.5 Å². The van der Waals surface area contributed by atoms with Crippen LogP contribution in [-0.2, 0) is 4.74 Å². The van der Waals surface area contributed by atoms with Gasteiger partial charge in [-0.25, -0.2) is 0 Å². The maximum Gasteiger partial charge on any atom is 0.261 e. The number of guanidine groups is 1. The molecular weight excluding hydrogens is 276 g/mol. The first-order valence-corrected chi connectivity index (χ1v) is 7.59. The van der Waals surface area contributed by atoms with E-state index in [1.165, 1.54) is 11.3 Å². The molecule has 3 N–H and O–H groups in total. The van der Waals surface area contributed by atoms with Gasteiger partial charge in [-0.05, 0) is 17.9 Å². The van der Waals surface area contributed by atoms with E-state index in [0.717, 1.165) is 24.4 Å². The first-order chi connectivity index (χ1) is 9.77. The Morgan fingerprint density at radius 2 is 2.30 bits per heavy atom. The third-order valence-electron chi connectivity index (χ3n) is 2.97. The quantitative estimate of drug-likeness (QED) is 0.471. The third-order valence-corrected chi connectivity index (χ3v) is 3.84. The Morgan fingerprint density at radius 1 is 1.50 bits per heavy atom. The molecule has 7 heteroatoms. The summed E-state index contributed by atoms with van der Waals surface area (Å²) in [6.07, 6.45) is 0.780. The fourth-order valence-corrected chi connectivity index (χ4v) is 2.50. The topological polar surface area (TPSA) is 79.9 Å². The smallest absolute Gasteiger partial charge is 0.261 e. The van der Waals surface area contributed by atoms with Crippen molar-refractivity contribution in [3.63, 3.8) is 0 Å². The number of thiophene rings is 1. The highest BCUT2D eigenvalue weighted by molar-refractivity contribution is 7.12. The van der Waals surface area contributed by atoms with Crippen molar-refractivity contribution < 1.29 is 9.53 Å². The van der Waals surface area contributed by atoms with Crippen LogP contribution >= 0.6 is 11.3 Å². The molecule has 0 saturated carbocycles. The second kappa shape index (κ2) is 7.86. The second-order valence-electron chi connectivity index (χ2n) is 4.43. The number of hydrogen-bond donors (Lipinski definition) is 2. The summed E-state index contributed by atoms with van der Waals surface area (Å²) >= 11 is 1.44. The van der Waals surface area contributed by atoms with E-state index in [2.05, 4.69) is 10.3 Å². The van der Waals surface area contributed by atoms with Gasteiger partial charge in [-0.1, -0.05) is 6.07 Å². The first-order valence-electron chi connectivity index (χ1n) is 6.71. The number of carbonyl (C=O) groups excluding carboxylic acids is 1. The van der Waals surface area contributed by atoms with Crippen molar-refractivity contribution in [3.05, 3.63) is 22.4 Å². The molecule has 1 aromatic heterocycles. The zero-order chi connectivity index (χ0) is 14.2. The Labute approximate surface area is 122 Å². The van der Waals surface area contributed by atoms with Crippen LogP contribution in [0.5, 0.6) is 0 Å². The predicted octanol–water partition coefficient (Wildman–Crippen LogP) is 0.515. The molecule has 2 rings (SSSR count). The number of nitrogens with two attached hydrogens (primary N) is 1. The van der Waals surface area contributed by atoms with Gasteiger partial charge in [0, 0.05) is 26.2 Å². The van der Waals surface area contributed by atoms with Crippen LogP contribution in [0.1, 0.15) is 16.1 Å². The maximum absolute atomic E-state index is 11.7. The van der Waals surface area contributed by atoms with Crippen LogP contribution < -0.4 is 11.1 Å². The molecule has 1 saturated heterocycles. The summed E-state index contributed by atoms with van der Waals surface area (Å²) < 4.78 is 5.26. The Bertz CT molecular complexity index is 441. The molecule has 20 heavy (non-hydrogen) atoms. The van der Waals surface area contributed by atoms with Gasteiger partial charge in [-0.2, -0.15) is 0 Å². The summed E-state index contributed by atoms with van der Waals surface area (Å²) in [6, 6.07) is 3.68. The minimum Gasteiger partial charge on any atom is -0.378 e. The number of rotatable bonds is 5. The molecule has 0 aliphatic carbocycles. The molecule has 0 radical (unpaired) electrons. The van der Waals surface area contributed by atoms with Crippen molar-refractivity contribution in [2.45, 2.75) is 6.42 Å². The van der Waals surface area contributed by atoms with Gasteiger partial charge in [-0.3, -0.25) is 9.79 Å². The molecule has 1 aliphatic heterocycles. The van der Waals surface area contributed by atoms with Gasteiger partial charge in [0.2, 0.25) is 0 Å². The van der Waals surface area contributed by atoms with Gasteiger partial charge >= 0.3 is 0 Å². The number of ether oxygens (including phenoxy) is 1. The number of carbonyl (C=O) groups is 1. The van der Waals surface area contributed by atoms with Crippen LogP contribution in [0.4, 0.5) is 0 Å². The number of amides is 1. The zero-order valence-corrected chi connectivity index (χ0v) is 12.2. The van der Waals surface area contributed by atoms with Gasteiger partial charge < -0.3 is 20.7 Å². The van der Waals surface area contributed by atoms with Crippen LogP contribution in [0.3, 0.4) is 0 Å². The van der Waals surface area contributed by atoms with Crippen LogP contribution in [-0.4, -0.2) is 56.2 Å². The minimum absolute atomic E-state index is 0.0230. The zero-order valence-electron chi connectivity index (χ0n) is 11.4. The Morgan fingerprint density at radius 3 is 3.00 bits per heavy atom. The van der Waals surface area contributed by atoms with Crippen LogP contribution in [0.25, 0.3) is 0 Å². The van der Waals surface area contributed by atoms with Gasteiger partial charge in [0.25, 0.3) is 5.91 Å². The van der Waals surface area contributed by atoms with E-state index in [0.29, 0.717) is 32.3 Å². The number of hydrogen-bond acceptors (Lipinski definition) is 4. The summed E-state index contributed by atoms with van der Waals surface area (Å²) in [5.41, 5.74) is 5.90. The highest BCUT2D eigenvalue weighted by Gasteiger charge is 2.11. The SMILES string of the molecule is NC(=NCCCNC(=O)c1cccs1)N1CCOCC1. The number of aliphatic imine (C=N–C) groups is 1. The van der Waals surface area contributed by atoms with E-state index in [1.807, 2.05) is 22.4 Å². The lowest BCUT2D eigenvalue weighted by Gasteiger charge is -2.27. The van der Waals surface area contributed by atoms with Gasteiger partial charge in [0.15, 0.2) is 5.96 Å². The molecule has 0 spiro atoms. The molecular formula is C13H20N4O2S. The highest BCUT2D eigenvalue weighted by Crippen LogP contribution is 2.07. The molecule has 0 unspecified atom stereocenters. The lowest BCUT2D eigenvalue weighted by molar-refractivity contribution is 0.0674. The molecule has 0 bridgehead atoms. The van der Waals surface area contributed by atoms with Crippen LogP contribution in [0.15, 0.2) is 22.5 Å². The fourth-order valence-electron chi connectivity index (χ4n) is 1.86. The fraction of sp³-hybridized carbons (Fsp3) is 0.538. The number of morpholine rings is 1. The average molecular weight is 296 g/mol. The molecule has 2 heterocycles. The standard InChI is InChI=1S/C13H20N4O2S/c14-13(17-6-8-19-9-7-17)16-5-2-4-15-12(18)11-3-1-10-20-11/h1,3,10H,2,4-9H2,(H2,14,16)(H,15,18). The molecule has 1 fully saturated rings. The molecule has 1 aromatic rings. The van der Waals surface area contributed by atoms with Crippen LogP contribution in [0, 0.1) is 0 Å². The normalized spacial score (nSPS) is 16.2. The van der Waals surface area contributed by atoms with Crippen molar-refractivity contribution in [1.82, 2.24) is 10.2 Å². The Kier molecular flexibility index (Phi) is 5.82. The van der Waals surface area contributed by atoms with Gasteiger partial charge in [0.05, 0.1) is 18.1 Å². The lowest BCUT2D eigenvalue weighted by atomic mass is 10.4. The average Bonchev–Trinajstić information content (AvgIpc) is 3.01. The van der Waals surface area contributed by atoms with E-state index >= 15 is 0 Å². The van der Waals surface area contributed by atoms with Crippen molar-refractivity contribution in [1.29, 1.82) is 0 Å². The van der Waals surface area contributed by atoms with E-state index in [-0.39, 0.29) is 5.91 Å². The largest absolute Gasteiger partial charge is 0.378 e. The van der Waals surface area contributed by atoms with Gasteiger partial charge in [0.1, 0.15) is 0 Å². The highest BCUT2D eigenvalue weighted by atomic mass is 32.1. The van der Waals surface area contributed by atoms with Gasteiger partial charge in [-0.15, -0.1) is 11.3 Å². The Balaban J connectivity index is 1.62. The monoisotopic (exact) mass is 296 g/mol. The van der Waals surface area contributed by atoms with Crippen LogP contribution in [0.2, 0.25) is 0 Å². The van der Waals surface area contributed by atoms with E-state index < -0.39 is 0 Å². The Hall–Kier alpha value is -1.60. The molecule has 110 valence electrons. The third kappa shape index (κ3) is 4.50. The lowest BCUT2D eigenvalue weighted by Crippen LogP contribution is -2.44. The molecule has 1 amide bonds. The van der Waals surface area contributed by atoms with E-state index in [1.54, 1.807) is 0 Å². The summed E-state index contributed by atoms with van der Waals surface area (Å²) in [5.74, 6) is 0.544. The maximum atomic E-state index is 11.7. The summed E-state index contributed by atoms with van der Waals surface area (Å²) in [6.45, 7) is 4.22. The summed E-state index contributed by atoms with van der Waals surface area (Å²) in [5, 5.41) is 4.76. The van der Waals surface area contributed by atoms with Crippen molar-refractivity contribution in [3.8, 4) is 0 Å². The van der Waals surface area contributed by atoms with Crippen molar-refractivity contribution >= 4 is 23.2 Å². The number of nitrogens with one attached hydrogen (secondary N) is 1. The first kappa shape index (κ1) is 14.8. The predicted molar refractivity (Wildman–Crippen MR) is 80.2 cm³/mol. The van der Waals surface area contributed by atoms with E-state index in [9.17, 15) is 4.79 Å². The molecule has 1 aliphatic rings. The molecule has 0 atom stereocenters. The second-order valence-corrected chi connectivity index (χ2v) is 5.37. The minimum atomic E-state index is -0.0230. The molecule has 0 aromatic carbocycles. The van der Waals surface area contributed by atoms with Crippen molar-refractivity contribution in [2.75, 3.05) is 39.4 Å². The van der Waals surface area contributed by atoms with Crippen molar-refractivity contribution in [2.24, 2.45) is 10.7 Å². The summed E-state index contributed by atoms with van der Waals surface area (Å²) in [7, 11) is 0. The molecule has 6 nitrogen and oxygen atoms in total. The number of nitrogens with zero attached hydrogens (tertiary/aromatic N) is 2. The summed E-state index contributed by atoms with van der Waals surface area (Å²) in [4.78, 5) is 18.7.